The van der Waals surface area contributed by atoms with Crippen molar-refractivity contribution in [1.29, 1.82) is 0 Å². The lowest BCUT2D eigenvalue weighted by atomic mass is 9.84. The minimum Gasteiger partial charge on any atom is -0.378 e. The molecule has 3 heteroatoms. The van der Waals surface area contributed by atoms with E-state index in [2.05, 4.69) is 34.6 Å². The number of hydrogen-bond donors (Lipinski definition) is 0. The summed E-state index contributed by atoms with van der Waals surface area (Å²) in [5.74, 6) is 3.41. The summed E-state index contributed by atoms with van der Waals surface area (Å²) in [5.41, 5.74) is 0. The van der Waals surface area contributed by atoms with Crippen molar-refractivity contribution in [2.24, 2.45) is 23.7 Å². The van der Waals surface area contributed by atoms with Gasteiger partial charge in [0.1, 0.15) is 0 Å². The molecule has 174 valence electrons. The first-order chi connectivity index (χ1) is 14.4. The predicted molar refractivity (Wildman–Crippen MR) is 128 cm³/mol. The summed E-state index contributed by atoms with van der Waals surface area (Å²) in [6, 6.07) is 12.0. The molecule has 2 atom stereocenters. The Kier molecular flexibility index (Phi) is 15.2. The van der Waals surface area contributed by atoms with Crippen LogP contribution in [0.4, 0.5) is 0 Å². The van der Waals surface area contributed by atoms with Gasteiger partial charge in [-0.15, -0.1) is 0 Å². The topological polar surface area (TPSA) is 27.7 Å². The molecule has 4 rings (SSSR count). The molecule has 1 aromatic rings. The fraction of sp³-hybridized carbons (Fsp3) is 0.778. The minimum absolute atomic E-state index is 0.0196. The lowest BCUT2D eigenvalue weighted by molar-refractivity contribution is -0.187. The highest BCUT2D eigenvalue weighted by atomic mass is 16.7. The van der Waals surface area contributed by atoms with E-state index in [1.54, 1.807) is 0 Å². The average Bonchev–Trinajstić information content (AvgIpc) is 2.77. The third-order valence-corrected chi connectivity index (χ3v) is 5.93. The largest absolute Gasteiger partial charge is 0.378 e. The van der Waals surface area contributed by atoms with Gasteiger partial charge >= 0.3 is 0 Å². The van der Waals surface area contributed by atoms with Gasteiger partial charge in [-0.25, -0.2) is 0 Å². The highest BCUT2D eigenvalue weighted by Crippen LogP contribution is 2.27. The van der Waals surface area contributed by atoms with Crippen LogP contribution >= 0.6 is 0 Å². The smallest absolute Gasteiger partial charge is 0.154 e. The van der Waals surface area contributed by atoms with E-state index >= 15 is 0 Å². The lowest BCUT2D eigenvalue weighted by Gasteiger charge is -2.24. The van der Waals surface area contributed by atoms with Crippen molar-refractivity contribution in [3.63, 3.8) is 0 Å². The molecule has 0 aromatic heterocycles. The second-order valence-electron chi connectivity index (χ2n) is 9.69. The summed E-state index contributed by atoms with van der Waals surface area (Å²) in [6.45, 7) is 15.8. The molecule has 3 nitrogen and oxygen atoms in total. The fourth-order valence-corrected chi connectivity index (χ4v) is 3.52. The van der Waals surface area contributed by atoms with Crippen molar-refractivity contribution in [3.8, 4) is 0 Å². The number of rotatable bonds is 0. The number of ether oxygens (including phenoxy) is 3. The van der Waals surface area contributed by atoms with Gasteiger partial charge in [0, 0.05) is 12.5 Å². The molecule has 0 spiro atoms. The molecule has 2 unspecified atom stereocenters. The van der Waals surface area contributed by atoms with Crippen LogP contribution in [0, 0.1) is 23.7 Å². The van der Waals surface area contributed by atoms with E-state index in [4.69, 9.17) is 14.2 Å². The maximum absolute atomic E-state index is 5.39. The van der Waals surface area contributed by atoms with E-state index in [-0.39, 0.29) is 6.29 Å². The van der Waals surface area contributed by atoms with Gasteiger partial charge in [0.05, 0.1) is 19.3 Å². The summed E-state index contributed by atoms with van der Waals surface area (Å²) in [7, 11) is 0. The van der Waals surface area contributed by atoms with Crippen LogP contribution in [0.25, 0.3) is 0 Å². The maximum Gasteiger partial charge on any atom is 0.154 e. The normalized spacial score (nSPS) is 33.4. The van der Waals surface area contributed by atoms with Gasteiger partial charge in [0.2, 0.25) is 0 Å². The van der Waals surface area contributed by atoms with E-state index < -0.39 is 0 Å². The van der Waals surface area contributed by atoms with Gasteiger partial charge in [-0.2, -0.15) is 0 Å². The second-order valence-corrected chi connectivity index (χ2v) is 9.69. The summed E-state index contributed by atoms with van der Waals surface area (Å²) in [5, 5.41) is 0. The SMILES string of the molecule is CC1CCC(C)CC1.CC1CCC(C)OC1.CC1COC(C)OC1.c1ccccc1. The highest BCUT2D eigenvalue weighted by molar-refractivity contribution is 4.99. The van der Waals surface area contributed by atoms with Crippen LogP contribution < -0.4 is 0 Å². The molecule has 0 radical (unpaired) electrons. The van der Waals surface area contributed by atoms with Gasteiger partial charge in [0.25, 0.3) is 0 Å². The Bertz CT molecular complexity index is 364. The predicted octanol–water partition coefficient (Wildman–Crippen LogP) is 7.36. The molecule has 3 aliphatic rings. The van der Waals surface area contributed by atoms with Crippen LogP contribution in [0.15, 0.2) is 36.4 Å². The highest BCUT2D eigenvalue weighted by Gasteiger charge is 2.14. The zero-order valence-electron chi connectivity index (χ0n) is 20.5. The molecule has 1 aromatic carbocycles. The monoisotopic (exact) mass is 420 g/mol. The van der Waals surface area contributed by atoms with Gasteiger partial charge < -0.3 is 14.2 Å². The van der Waals surface area contributed by atoms with E-state index in [1.165, 1.54) is 38.5 Å². The molecule has 2 saturated heterocycles. The fourth-order valence-electron chi connectivity index (χ4n) is 3.52. The zero-order chi connectivity index (χ0) is 22.2. The average molecular weight is 421 g/mol. The Balaban J connectivity index is 0.000000201. The molecule has 1 aliphatic carbocycles. The Morgan fingerprint density at radius 3 is 1.10 bits per heavy atom. The Morgan fingerprint density at radius 1 is 0.433 bits per heavy atom. The van der Waals surface area contributed by atoms with Gasteiger partial charge in [0.15, 0.2) is 6.29 Å². The molecule has 2 heterocycles. The van der Waals surface area contributed by atoms with Crippen LogP contribution in [-0.2, 0) is 14.2 Å². The summed E-state index contributed by atoms with van der Waals surface area (Å²) in [4.78, 5) is 0. The molecule has 2 aliphatic heterocycles. The van der Waals surface area contributed by atoms with Gasteiger partial charge in [-0.3, -0.25) is 0 Å². The standard InChI is InChI=1S/C8H16.C7H14O.C6H12O2.C6H6/c1-7-3-5-8(2)6-4-7;1-6-3-4-7(2)8-5-6;1-5-3-7-6(2)8-4-5;1-2-4-6-5-3-1/h7-8H,3-6H2,1-2H3;6-7H,3-5H2,1-2H3;5-6H,3-4H2,1-2H3;1-6H. The summed E-state index contributed by atoms with van der Waals surface area (Å²) < 4.78 is 15.7. The Hall–Kier alpha value is -0.900. The molecular weight excluding hydrogens is 372 g/mol. The van der Waals surface area contributed by atoms with Crippen LogP contribution in [0.1, 0.15) is 80.1 Å². The van der Waals surface area contributed by atoms with Crippen LogP contribution in [0.3, 0.4) is 0 Å². The number of benzene rings is 1. The molecule has 0 N–H and O–H groups in total. The zero-order valence-corrected chi connectivity index (χ0v) is 20.5. The molecule has 0 amide bonds. The van der Waals surface area contributed by atoms with Crippen molar-refractivity contribution in [3.05, 3.63) is 36.4 Å². The summed E-state index contributed by atoms with van der Waals surface area (Å²) >= 11 is 0. The van der Waals surface area contributed by atoms with Crippen molar-refractivity contribution in [2.75, 3.05) is 19.8 Å². The van der Waals surface area contributed by atoms with Crippen molar-refractivity contribution in [1.82, 2.24) is 0 Å². The Morgan fingerprint density at radius 2 is 0.800 bits per heavy atom. The van der Waals surface area contributed by atoms with Crippen molar-refractivity contribution >= 4 is 0 Å². The van der Waals surface area contributed by atoms with E-state index in [1.807, 2.05) is 43.3 Å². The first-order valence-corrected chi connectivity index (χ1v) is 12.2. The number of hydrogen-bond acceptors (Lipinski definition) is 3. The summed E-state index contributed by atoms with van der Waals surface area (Å²) in [6.07, 6.45) is 9.03. The third-order valence-electron chi connectivity index (χ3n) is 5.93. The first-order valence-electron chi connectivity index (χ1n) is 12.2. The van der Waals surface area contributed by atoms with Gasteiger partial charge in [-0.1, -0.05) is 89.8 Å². The maximum atomic E-state index is 5.39. The molecule has 0 bridgehead atoms. The van der Waals surface area contributed by atoms with Crippen LogP contribution in [0.2, 0.25) is 0 Å². The first kappa shape index (κ1) is 27.1. The lowest BCUT2D eigenvalue weighted by Crippen LogP contribution is -2.27. The van der Waals surface area contributed by atoms with Gasteiger partial charge in [-0.05, 0) is 44.4 Å². The minimum atomic E-state index is 0.0196. The van der Waals surface area contributed by atoms with E-state index in [0.717, 1.165) is 37.6 Å². The third kappa shape index (κ3) is 15.0. The molecular formula is C27H48O3. The van der Waals surface area contributed by atoms with Crippen LogP contribution in [-0.4, -0.2) is 32.2 Å². The van der Waals surface area contributed by atoms with E-state index in [0.29, 0.717) is 12.0 Å². The van der Waals surface area contributed by atoms with Crippen LogP contribution in [0.5, 0.6) is 0 Å². The molecule has 1 saturated carbocycles. The second kappa shape index (κ2) is 16.8. The Labute approximate surface area is 186 Å². The molecule has 30 heavy (non-hydrogen) atoms. The van der Waals surface area contributed by atoms with Crippen molar-refractivity contribution < 1.29 is 14.2 Å². The van der Waals surface area contributed by atoms with Crippen molar-refractivity contribution in [2.45, 2.75) is 92.5 Å². The quantitative estimate of drug-likeness (QED) is 0.439. The molecule has 3 fully saturated rings. The van der Waals surface area contributed by atoms with E-state index in [9.17, 15) is 0 Å².